The fourth-order valence-electron chi connectivity index (χ4n) is 2.81. The van der Waals surface area contributed by atoms with E-state index < -0.39 is 10.0 Å². The van der Waals surface area contributed by atoms with Crippen LogP contribution >= 0.6 is 11.6 Å². The van der Waals surface area contributed by atoms with Crippen molar-refractivity contribution in [2.45, 2.75) is 24.9 Å². The number of nitrogens with zero attached hydrogens (tertiary/aromatic N) is 1. The summed E-state index contributed by atoms with van der Waals surface area (Å²) >= 11 is 6.00. The summed E-state index contributed by atoms with van der Waals surface area (Å²) in [5, 5.41) is 8.33. The smallest absolute Gasteiger partial charge is 0.364 e. The Kier molecular flexibility index (Phi) is 5.88. The van der Waals surface area contributed by atoms with Gasteiger partial charge >= 0.3 is 29.6 Å². The molecule has 1 aliphatic rings. The number of carbonyl (C=O) groups excluding carboxylic acids is 1. The van der Waals surface area contributed by atoms with Crippen molar-refractivity contribution in [3.05, 3.63) is 52.5 Å². The Morgan fingerprint density at radius 3 is 2.48 bits per heavy atom. The number of fused-ring (bicyclic) bond motifs is 1. The predicted molar refractivity (Wildman–Crippen MR) is 93.9 cm³/mol. The van der Waals surface area contributed by atoms with Gasteiger partial charge in [0.1, 0.15) is 11.1 Å². The number of nitrogens with one attached hydrogen (secondary N) is 1. The predicted octanol–water partition coefficient (Wildman–Crippen LogP) is -0.282. The van der Waals surface area contributed by atoms with Crippen LogP contribution in [-0.4, -0.2) is 20.5 Å². The number of sulfonamides is 1. The van der Waals surface area contributed by atoms with Gasteiger partial charge in [0.15, 0.2) is 0 Å². The van der Waals surface area contributed by atoms with Gasteiger partial charge in [-0.15, -0.1) is 0 Å². The number of carbonyl (C=O) groups is 1. The minimum Gasteiger partial charge on any atom is -0.364 e. The minimum atomic E-state index is -4.02. The summed E-state index contributed by atoms with van der Waals surface area (Å²) in [6, 6.07) is 10.1. The molecule has 1 heterocycles. The number of anilines is 2. The summed E-state index contributed by atoms with van der Waals surface area (Å²) in [7, 11) is -4.02. The number of aryl methyl sites for hydroxylation is 1. The van der Waals surface area contributed by atoms with E-state index in [1.54, 1.807) is 4.90 Å². The van der Waals surface area contributed by atoms with Crippen LogP contribution in [-0.2, 0) is 10.0 Å². The number of benzene rings is 2. The first-order chi connectivity index (χ1) is 11.2. The monoisotopic (exact) mass is 388 g/mol. The Balaban J connectivity index is 0.00000225. The van der Waals surface area contributed by atoms with Crippen LogP contribution in [0.15, 0.2) is 41.3 Å². The maximum atomic E-state index is 13.0. The largest absolute Gasteiger partial charge is 1.00 e. The van der Waals surface area contributed by atoms with Crippen molar-refractivity contribution >= 4 is 38.9 Å². The summed E-state index contributed by atoms with van der Waals surface area (Å²) < 4.78 is 23.3. The van der Waals surface area contributed by atoms with Crippen LogP contribution in [0.4, 0.5) is 11.4 Å². The van der Waals surface area contributed by atoms with Gasteiger partial charge in [0.05, 0.1) is 16.3 Å². The third-order valence-electron chi connectivity index (χ3n) is 3.95. The Morgan fingerprint density at radius 1 is 1.24 bits per heavy atom. The van der Waals surface area contributed by atoms with E-state index in [1.807, 2.05) is 38.1 Å². The minimum absolute atomic E-state index is 0. The summed E-state index contributed by atoms with van der Waals surface area (Å²) in [6.45, 7) is 3.75. The maximum absolute atomic E-state index is 13.0. The molecule has 6 nitrogen and oxygen atoms in total. The topological polar surface area (TPSA) is 92.5 Å². The van der Waals surface area contributed by atoms with Gasteiger partial charge in [-0.05, 0) is 37.6 Å². The summed E-state index contributed by atoms with van der Waals surface area (Å²) in [5.74, 6) is -0.313. The molecule has 25 heavy (non-hydrogen) atoms. The Hall–Kier alpha value is -1.09. The summed E-state index contributed by atoms with van der Waals surface area (Å²) in [5.41, 5.74) is 2.38. The molecule has 0 spiro atoms. The van der Waals surface area contributed by atoms with Crippen molar-refractivity contribution in [3.63, 3.8) is 0 Å². The number of amides is 1. The molecule has 2 aromatic carbocycles. The molecule has 1 atom stereocenters. The van der Waals surface area contributed by atoms with Crippen molar-refractivity contribution in [2.24, 2.45) is 5.14 Å². The molecule has 0 saturated carbocycles. The number of nitrogens with two attached hydrogens (primary N) is 1. The fraction of sp³-hybridized carbons (Fsp3) is 0.188. The van der Waals surface area contributed by atoms with E-state index in [4.69, 9.17) is 16.7 Å². The van der Waals surface area contributed by atoms with Gasteiger partial charge in [-0.3, -0.25) is 9.69 Å². The molecule has 2 aromatic rings. The van der Waals surface area contributed by atoms with Crippen molar-refractivity contribution in [2.75, 3.05) is 10.2 Å². The Morgan fingerprint density at radius 2 is 1.88 bits per heavy atom. The van der Waals surface area contributed by atoms with Gasteiger partial charge in [0.25, 0.3) is 5.91 Å². The second-order valence-corrected chi connectivity index (χ2v) is 7.59. The first-order valence-electron chi connectivity index (χ1n) is 7.22. The molecule has 0 radical (unpaired) electrons. The van der Waals surface area contributed by atoms with Crippen LogP contribution in [0.5, 0.6) is 0 Å². The van der Waals surface area contributed by atoms with E-state index in [1.165, 1.54) is 12.1 Å². The average molecular weight is 389 g/mol. The molecule has 0 aromatic heterocycles. The maximum Gasteiger partial charge on any atom is 1.00 e. The molecule has 0 aliphatic carbocycles. The molecule has 0 bridgehead atoms. The quantitative estimate of drug-likeness (QED) is 0.692. The van der Waals surface area contributed by atoms with Gasteiger partial charge in [0, 0.05) is 5.69 Å². The summed E-state index contributed by atoms with van der Waals surface area (Å²) in [6.07, 6.45) is -0.317. The average Bonchev–Trinajstić information content (AvgIpc) is 2.47. The molecular weight excluding hydrogens is 373 g/mol. The van der Waals surface area contributed by atoms with E-state index >= 15 is 0 Å². The van der Waals surface area contributed by atoms with Crippen LogP contribution < -0.4 is 44.9 Å². The SMILES string of the molecule is Cc1ccccc1N1C(=O)c2cc(S(N)(=O)=O)c(Cl)cc2NC1C.[Na+]. The van der Waals surface area contributed by atoms with Crippen LogP contribution in [0.25, 0.3) is 0 Å². The zero-order valence-corrected chi connectivity index (χ0v) is 17.6. The zero-order valence-electron chi connectivity index (χ0n) is 14.1. The molecule has 1 unspecified atom stereocenters. The van der Waals surface area contributed by atoms with Crippen molar-refractivity contribution in [3.8, 4) is 0 Å². The molecule has 0 saturated heterocycles. The third kappa shape index (κ3) is 3.72. The normalized spacial score (nSPS) is 16.7. The van der Waals surface area contributed by atoms with E-state index in [0.29, 0.717) is 5.69 Å². The summed E-state index contributed by atoms with van der Waals surface area (Å²) in [4.78, 5) is 14.3. The first kappa shape index (κ1) is 20.2. The van der Waals surface area contributed by atoms with Gasteiger partial charge in [-0.2, -0.15) is 0 Å². The Labute approximate surface area is 173 Å². The zero-order chi connectivity index (χ0) is 17.6. The van der Waals surface area contributed by atoms with Gasteiger partial charge in [0.2, 0.25) is 10.0 Å². The number of hydrogen-bond acceptors (Lipinski definition) is 4. The van der Waals surface area contributed by atoms with Crippen molar-refractivity contribution in [1.29, 1.82) is 0 Å². The fourth-order valence-corrected chi connectivity index (χ4v) is 3.91. The standard InChI is InChI=1S/C16H16ClN3O3S.Na/c1-9-5-3-4-6-14(9)20-10(2)19-13-8-12(17)15(24(18,22)23)7-11(13)16(20)21;/h3-8,10,19H,1-2H3,(H2,18,22,23);/q;+1. The van der Waals surface area contributed by atoms with Gasteiger partial charge < -0.3 is 5.32 Å². The number of halogens is 1. The molecule has 3 rings (SSSR count). The third-order valence-corrected chi connectivity index (χ3v) is 5.33. The van der Waals surface area contributed by atoms with E-state index in [-0.39, 0.29) is 57.1 Å². The second-order valence-electron chi connectivity index (χ2n) is 5.66. The van der Waals surface area contributed by atoms with Crippen molar-refractivity contribution in [1.82, 2.24) is 0 Å². The molecule has 1 aliphatic heterocycles. The van der Waals surface area contributed by atoms with Crippen LogP contribution in [0.3, 0.4) is 0 Å². The van der Waals surface area contributed by atoms with E-state index in [9.17, 15) is 13.2 Å². The second kappa shape index (κ2) is 7.26. The molecule has 126 valence electrons. The molecule has 3 N–H and O–H groups in total. The van der Waals surface area contributed by atoms with Crippen LogP contribution in [0, 0.1) is 6.92 Å². The van der Waals surface area contributed by atoms with Crippen LogP contribution in [0.2, 0.25) is 5.02 Å². The molecule has 9 heteroatoms. The number of para-hydroxylation sites is 1. The number of primary sulfonamides is 1. The molecular formula is C16H16ClN3NaO3S+. The molecule has 1 amide bonds. The Bertz CT molecular complexity index is 950. The van der Waals surface area contributed by atoms with Gasteiger partial charge in [-0.1, -0.05) is 29.8 Å². The molecule has 0 fully saturated rings. The van der Waals surface area contributed by atoms with E-state index in [2.05, 4.69) is 5.32 Å². The van der Waals surface area contributed by atoms with Crippen molar-refractivity contribution < 1.29 is 42.8 Å². The van der Waals surface area contributed by atoms with Gasteiger partial charge in [-0.25, -0.2) is 13.6 Å². The number of rotatable bonds is 2. The number of hydrogen-bond donors (Lipinski definition) is 2. The van der Waals surface area contributed by atoms with E-state index in [0.717, 1.165) is 11.3 Å². The van der Waals surface area contributed by atoms with Crippen LogP contribution in [0.1, 0.15) is 22.8 Å². The first-order valence-corrected chi connectivity index (χ1v) is 9.14.